The molecule has 0 bridgehead atoms. The van der Waals surface area contributed by atoms with Crippen LogP contribution in [0.25, 0.3) is 0 Å². The first-order valence-corrected chi connectivity index (χ1v) is 11.0. The molecular formula is C25H23N5O8. The van der Waals surface area contributed by atoms with Gasteiger partial charge in [0.25, 0.3) is 5.69 Å². The van der Waals surface area contributed by atoms with Crippen LogP contribution in [0, 0.1) is 34.1 Å². The Hall–Kier alpha value is -5.33. The van der Waals surface area contributed by atoms with E-state index in [1.807, 2.05) is 32.0 Å². The van der Waals surface area contributed by atoms with Gasteiger partial charge in [-0.05, 0) is 56.2 Å². The number of amides is 2. The van der Waals surface area contributed by atoms with E-state index in [-0.39, 0.29) is 17.2 Å². The molecule has 38 heavy (non-hydrogen) atoms. The Balaban J connectivity index is 1.76. The second-order valence-electron chi connectivity index (χ2n) is 7.99. The summed E-state index contributed by atoms with van der Waals surface area (Å²) in [5.41, 5.74) is 4.12. The Morgan fingerprint density at radius 1 is 0.868 bits per heavy atom. The maximum absolute atomic E-state index is 12.3. The van der Waals surface area contributed by atoms with Crippen molar-refractivity contribution in [3.05, 3.63) is 91.5 Å². The fourth-order valence-electron chi connectivity index (χ4n) is 3.38. The maximum Gasteiger partial charge on any atom is 0.329 e. The molecule has 196 valence electrons. The highest BCUT2D eigenvalue weighted by Gasteiger charge is 2.22. The van der Waals surface area contributed by atoms with Gasteiger partial charge in [-0.25, -0.2) is 5.43 Å². The number of nitrogens with one attached hydrogen (secondary N) is 2. The van der Waals surface area contributed by atoms with Gasteiger partial charge in [-0.15, -0.1) is 0 Å². The number of aryl methyl sites for hydroxylation is 2. The van der Waals surface area contributed by atoms with Crippen LogP contribution in [-0.2, 0) is 9.59 Å². The van der Waals surface area contributed by atoms with Gasteiger partial charge >= 0.3 is 17.5 Å². The predicted molar refractivity (Wildman–Crippen MR) is 138 cm³/mol. The third kappa shape index (κ3) is 6.26. The highest BCUT2D eigenvalue weighted by molar-refractivity contribution is 6.39. The number of benzene rings is 3. The van der Waals surface area contributed by atoms with Crippen LogP contribution >= 0.6 is 0 Å². The first kappa shape index (κ1) is 27.3. The number of nitro groups is 2. The SMILES string of the molecule is COc1cc(C(C)=NNC(=O)C(=O)Nc2c(C)cccc2C)ccc1Oc1ccc([N+](=O)[O-])cc1[N+](=O)[O-]. The van der Waals surface area contributed by atoms with Crippen LogP contribution in [0.3, 0.4) is 0 Å². The van der Waals surface area contributed by atoms with Crippen LogP contribution in [0.5, 0.6) is 17.2 Å². The Kier molecular flexibility index (Phi) is 8.32. The summed E-state index contributed by atoms with van der Waals surface area (Å²) in [6, 6.07) is 13.0. The van der Waals surface area contributed by atoms with E-state index in [2.05, 4.69) is 15.8 Å². The molecule has 0 aliphatic rings. The number of hydrogen-bond acceptors (Lipinski definition) is 9. The number of carbonyl (C=O) groups excluding carboxylic acids is 2. The van der Waals surface area contributed by atoms with E-state index in [9.17, 15) is 29.8 Å². The van der Waals surface area contributed by atoms with E-state index < -0.39 is 33.0 Å². The Labute approximate surface area is 216 Å². The minimum absolute atomic E-state index is 0.0954. The highest BCUT2D eigenvalue weighted by Crippen LogP contribution is 2.38. The zero-order valence-electron chi connectivity index (χ0n) is 20.8. The van der Waals surface area contributed by atoms with Crippen LogP contribution in [0.1, 0.15) is 23.6 Å². The van der Waals surface area contributed by atoms with Gasteiger partial charge in [-0.1, -0.05) is 18.2 Å². The summed E-state index contributed by atoms with van der Waals surface area (Å²) < 4.78 is 10.9. The molecule has 0 spiro atoms. The molecule has 0 radical (unpaired) electrons. The molecule has 2 amide bonds. The van der Waals surface area contributed by atoms with Crippen LogP contribution in [0.2, 0.25) is 0 Å². The third-order valence-corrected chi connectivity index (χ3v) is 5.40. The lowest BCUT2D eigenvalue weighted by Gasteiger charge is -2.12. The number of anilines is 1. The molecule has 0 aliphatic carbocycles. The smallest absolute Gasteiger partial charge is 0.329 e. The molecule has 0 saturated heterocycles. The van der Waals surface area contributed by atoms with Crippen molar-refractivity contribution < 1.29 is 28.9 Å². The standard InChI is InChI=1S/C25H23N5O8/c1-14-6-5-7-15(2)23(14)26-24(31)25(32)28-27-16(3)17-8-10-21(22(12-17)37-4)38-20-11-9-18(29(33)34)13-19(20)30(35)36/h5-13H,1-4H3,(H,26,31)(H,28,32). The Morgan fingerprint density at radius 2 is 1.53 bits per heavy atom. The molecule has 0 aliphatic heterocycles. The average molecular weight is 521 g/mol. The molecule has 3 rings (SSSR count). The normalized spacial score (nSPS) is 10.9. The summed E-state index contributed by atoms with van der Waals surface area (Å²) >= 11 is 0. The molecule has 13 heteroatoms. The number of rotatable bonds is 8. The molecule has 2 N–H and O–H groups in total. The lowest BCUT2D eigenvalue weighted by atomic mass is 10.1. The van der Waals surface area contributed by atoms with E-state index in [4.69, 9.17) is 9.47 Å². The summed E-state index contributed by atoms with van der Waals surface area (Å²) in [5.74, 6) is -1.81. The minimum atomic E-state index is -0.968. The minimum Gasteiger partial charge on any atom is -0.493 e. The van der Waals surface area contributed by atoms with Crippen LogP contribution < -0.4 is 20.2 Å². The number of non-ortho nitro benzene ring substituents is 1. The van der Waals surface area contributed by atoms with Gasteiger partial charge in [-0.2, -0.15) is 5.10 Å². The first-order chi connectivity index (χ1) is 18.0. The monoisotopic (exact) mass is 521 g/mol. The van der Waals surface area contributed by atoms with Crippen LogP contribution in [0.15, 0.2) is 59.7 Å². The number of hydrazone groups is 1. The average Bonchev–Trinajstić information content (AvgIpc) is 2.89. The van der Waals surface area contributed by atoms with Gasteiger partial charge < -0.3 is 14.8 Å². The van der Waals surface area contributed by atoms with E-state index in [0.717, 1.165) is 29.3 Å². The Bertz CT molecular complexity index is 1450. The lowest BCUT2D eigenvalue weighted by Crippen LogP contribution is -2.33. The molecule has 0 unspecified atom stereocenters. The van der Waals surface area contributed by atoms with E-state index in [1.54, 1.807) is 13.0 Å². The zero-order chi connectivity index (χ0) is 28.0. The largest absolute Gasteiger partial charge is 0.493 e. The van der Waals surface area contributed by atoms with E-state index in [0.29, 0.717) is 17.0 Å². The number of para-hydroxylation sites is 1. The van der Waals surface area contributed by atoms with Crippen molar-refractivity contribution in [1.82, 2.24) is 5.43 Å². The summed E-state index contributed by atoms with van der Waals surface area (Å²) in [4.78, 5) is 45.4. The number of methoxy groups -OCH3 is 1. The maximum atomic E-state index is 12.3. The van der Waals surface area contributed by atoms with Gasteiger partial charge in [0.1, 0.15) is 0 Å². The molecule has 3 aromatic carbocycles. The molecule has 13 nitrogen and oxygen atoms in total. The van der Waals surface area contributed by atoms with Crippen molar-refractivity contribution in [2.45, 2.75) is 20.8 Å². The Morgan fingerprint density at radius 3 is 2.13 bits per heavy atom. The van der Waals surface area contributed by atoms with Gasteiger partial charge in [0.05, 0.1) is 28.7 Å². The summed E-state index contributed by atoms with van der Waals surface area (Å²) in [7, 11) is 1.35. The number of carbonyl (C=O) groups is 2. The van der Waals surface area contributed by atoms with Gasteiger partial charge in [0.2, 0.25) is 5.75 Å². The second kappa shape index (κ2) is 11.6. The molecule has 0 aromatic heterocycles. The number of nitro benzene ring substituents is 2. The van der Waals surface area contributed by atoms with Crippen molar-refractivity contribution in [3.63, 3.8) is 0 Å². The van der Waals surface area contributed by atoms with Gasteiger partial charge in [0, 0.05) is 17.3 Å². The predicted octanol–water partition coefficient (Wildman–Crippen LogP) is 4.40. The highest BCUT2D eigenvalue weighted by atomic mass is 16.6. The summed E-state index contributed by atoms with van der Waals surface area (Å²) in [5, 5.41) is 28.9. The third-order valence-electron chi connectivity index (χ3n) is 5.40. The summed E-state index contributed by atoms with van der Waals surface area (Å²) in [6.45, 7) is 5.20. The number of ether oxygens (including phenoxy) is 2. The molecule has 0 atom stereocenters. The summed E-state index contributed by atoms with van der Waals surface area (Å²) in [6.07, 6.45) is 0. The lowest BCUT2D eigenvalue weighted by molar-refractivity contribution is -0.394. The molecule has 3 aromatic rings. The van der Waals surface area contributed by atoms with Crippen molar-refractivity contribution in [2.24, 2.45) is 5.10 Å². The van der Waals surface area contributed by atoms with Crippen molar-refractivity contribution >= 4 is 34.6 Å². The zero-order valence-corrected chi connectivity index (χ0v) is 20.8. The second-order valence-corrected chi connectivity index (χ2v) is 7.99. The van der Waals surface area contributed by atoms with Gasteiger partial charge in [0.15, 0.2) is 11.5 Å². The quantitative estimate of drug-likeness (QED) is 0.190. The first-order valence-electron chi connectivity index (χ1n) is 11.0. The van der Waals surface area contributed by atoms with Crippen molar-refractivity contribution in [2.75, 3.05) is 12.4 Å². The fraction of sp³-hybridized carbons (Fsp3) is 0.160. The topological polar surface area (TPSA) is 175 Å². The van der Waals surface area contributed by atoms with E-state index >= 15 is 0 Å². The van der Waals surface area contributed by atoms with Crippen molar-refractivity contribution in [1.29, 1.82) is 0 Å². The number of hydrogen-bond donors (Lipinski definition) is 2. The molecule has 0 saturated carbocycles. The molecular weight excluding hydrogens is 498 g/mol. The fourth-order valence-corrected chi connectivity index (χ4v) is 3.38. The number of nitrogens with zero attached hydrogens (tertiary/aromatic N) is 3. The van der Waals surface area contributed by atoms with Crippen LogP contribution in [-0.4, -0.2) is 34.5 Å². The van der Waals surface area contributed by atoms with Gasteiger partial charge in [-0.3, -0.25) is 29.8 Å². The molecule has 0 heterocycles. The van der Waals surface area contributed by atoms with Crippen molar-refractivity contribution in [3.8, 4) is 17.2 Å². The molecule has 0 fully saturated rings. The van der Waals surface area contributed by atoms with E-state index in [1.165, 1.54) is 19.2 Å². The van der Waals surface area contributed by atoms with Crippen LogP contribution in [0.4, 0.5) is 17.1 Å².